The summed E-state index contributed by atoms with van der Waals surface area (Å²) in [4.78, 5) is 19.1. The summed E-state index contributed by atoms with van der Waals surface area (Å²) < 4.78 is 4.93. The normalized spacial score (nSPS) is 10.9. The minimum Gasteiger partial charge on any atom is -0.441 e. The predicted octanol–water partition coefficient (Wildman–Crippen LogP) is 1.50. The maximum Gasteiger partial charge on any atom is 0.407 e. The number of nitrogens with one attached hydrogen (secondary N) is 1. The number of aromatic nitrogens is 2. The van der Waals surface area contributed by atoms with Gasteiger partial charge in [-0.2, -0.15) is 0 Å². The van der Waals surface area contributed by atoms with Gasteiger partial charge in [0.15, 0.2) is 12.4 Å². The first-order valence-corrected chi connectivity index (χ1v) is 4.68. The second kappa shape index (κ2) is 4.72. The van der Waals surface area contributed by atoms with Crippen molar-refractivity contribution < 1.29 is 9.53 Å². The summed E-state index contributed by atoms with van der Waals surface area (Å²) in [6.07, 6.45) is 2.75. The molecule has 1 rings (SSSR count). The van der Waals surface area contributed by atoms with Gasteiger partial charge >= 0.3 is 6.09 Å². The Morgan fingerprint density at radius 2 is 2.00 bits per heavy atom. The van der Waals surface area contributed by atoms with E-state index in [0.717, 1.165) is 0 Å². The van der Waals surface area contributed by atoms with Crippen molar-refractivity contribution in [2.45, 2.75) is 32.9 Å². The van der Waals surface area contributed by atoms with Crippen LogP contribution in [0.15, 0.2) is 18.5 Å². The Labute approximate surface area is 88.9 Å². The largest absolute Gasteiger partial charge is 0.441 e. The van der Waals surface area contributed by atoms with E-state index >= 15 is 0 Å². The molecule has 0 saturated heterocycles. The van der Waals surface area contributed by atoms with Crippen LogP contribution in [-0.2, 0) is 11.3 Å². The Bertz CT molecular complexity index is 319. The highest BCUT2D eigenvalue weighted by Gasteiger charge is 2.14. The summed E-state index contributed by atoms with van der Waals surface area (Å²) in [6.45, 7) is 5.73. The number of ether oxygens (including phenoxy) is 1. The summed E-state index contributed by atoms with van der Waals surface area (Å²) in [7, 11) is 0. The molecular formula is C10H15N3O2. The highest BCUT2D eigenvalue weighted by molar-refractivity contribution is 5.67. The lowest BCUT2D eigenvalue weighted by Crippen LogP contribution is -2.40. The first kappa shape index (κ1) is 11.4. The van der Waals surface area contributed by atoms with Crippen molar-refractivity contribution in [3.63, 3.8) is 0 Å². The molecule has 1 aromatic heterocycles. The molecule has 15 heavy (non-hydrogen) atoms. The highest BCUT2D eigenvalue weighted by atomic mass is 16.5. The first-order valence-electron chi connectivity index (χ1n) is 4.68. The van der Waals surface area contributed by atoms with Gasteiger partial charge in [-0.25, -0.2) is 14.8 Å². The Morgan fingerprint density at radius 1 is 1.40 bits per heavy atom. The molecule has 0 aliphatic heterocycles. The molecule has 5 nitrogen and oxygen atoms in total. The van der Waals surface area contributed by atoms with Crippen LogP contribution in [-0.4, -0.2) is 21.6 Å². The zero-order chi connectivity index (χ0) is 11.3. The Hall–Kier alpha value is -1.65. The molecular weight excluding hydrogens is 194 g/mol. The second-order valence-corrected chi connectivity index (χ2v) is 4.12. The van der Waals surface area contributed by atoms with Gasteiger partial charge in [0.25, 0.3) is 0 Å². The van der Waals surface area contributed by atoms with Crippen LogP contribution in [0.5, 0.6) is 0 Å². The van der Waals surface area contributed by atoms with E-state index in [9.17, 15) is 4.79 Å². The van der Waals surface area contributed by atoms with E-state index in [1.165, 1.54) is 0 Å². The monoisotopic (exact) mass is 209 g/mol. The van der Waals surface area contributed by atoms with E-state index in [0.29, 0.717) is 5.82 Å². The van der Waals surface area contributed by atoms with Gasteiger partial charge in [0.1, 0.15) is 0 Å². The van der Waals surface area contributed by atoms with Crippen LogP contribution in [0, 0.1) is 0 Å². The van der Waals surface area contributed by atoms with E-state index in [-0.39, 0.29) is 12.1 Å². The average Bonchev–Trinajstić information content (AvgIpc) is 2.14. The summed E-state index contributed by atoms with van der Waals surface area (Å²) in [5.41, 5.74) is -0.297. The van der Waals surface area contributed by atoms with Gasteiger partial charge in [-0.05, 0) is 26.8 Å². The standard InChI is InChI=1S/C10H15N3O2/c1-10(2,3)13-9(14)15-7-8-11-5-4-6-12-8/h4-6H,7H2,1-3H3,(H,13,14). The number of carbonyl (C=O) groups is 1. The summed E-state index contributed by atoms with van der Waals surface area (Å²) >= 11 is 0. The van der Waals surface area contributed by atoms with Crippen molar-refractivity contribution in [2.24, 2.45) is 0 Å². The number of amides is 1. The van der Waals surface area contributed by atoms with Gasteiger partial charge in [-0.3, -0.25) is 0 Å². The average molecular weight is 209 g/mol. The van der Waals surface area contributed by atoms with Gasteiger partial charge < -0.3 is 10.1 Å². The third-order valence-electron chi connectivity index (χ3n) is 1.43. The topological polar surface area (TPSA) is 64.1 Å². The molecule has 82 valence electrons. The van der Waals surface area contributed by atoms with Gasteiger partial charge in [0.05, 0.1) is 0 Å². The zero-order valence-electron chi connectivity index (χ0n) is 9.15. The van der Waals surface area contributed by atoms with E-state index in [1.807, 2.05) is 20.8 Å². The maximum atomic E-state index is 11.2. The van der Waals surface area contributed by atoms with E-state index in [1.54, 1.807) is 18.5 Å². The van der Waals surface area contributed by atoms with Crippen LogP contribution in [0.25, 0.3) is 0 Å². The van der Waals surface area contributed by atoms with Gasteiger partial charge in [-0.15, -0.1) is 0 Å². The van der Waals surface area contributed by atoms with Crippen molar-refractivity contribution in [1.29, 1.82) is 0 Å². The molecule has 1 aromatic rings. The van der Waals surface area contributed by atoms with Crippen LogP contribution >= 0.6 is 0 Å². The predicted molar refractivity (Wildman–Crippen MR) is 55.1 cm³/mol. The van der Waals surface area contributed by atoms with Crippen LogP contribution in [0.4, 0.5) is 4.79 Å². The van der Waals surface area contributed by atoms with Crippen molar-refractivity contribution in [3.05, 3.63) is 24.3 Å². The number of rotatable bonds is 2. The number of alkyl carbamates (subject to hydrolysis) is 1. The number of hydrogen-bond donors (Lipinski definition) is 1. The molecule has 0 aliphatic rings. The molecule has 0 aliphatic carbocycles. The van der Waals surface area contributed by atoms with Crippen molar-refractivity contribution >= 4 is 6.09 Å². The second-order valence-electron chi connectivity index (χ2n) is 4.12. The Balaban J connectivity index is 2.35. The number of hydrogen-bond acceptors (Lipinski definition) is 4. The molecule has 0 unspecified atom stereocenters. The molecule has 0 spiro atoms. The minimum absolute atomic E-state index is 0.0861. The molecule has 0 radical (unpaired) electrons. The zero-order valence-corrected chi connectivity index (χ0v) is 9.15. The molecule has 0 fully saturated rings. The maximum absolute atomic E-state index is 11.2. The molecule has 5 heteroatoms. The molecule has 0 aromatic carbocycles. The van der Waals surface area contributed by atoms with E-state index < -0.39 is 6.09 Å². The number of carbonyl (C=O) groups excluding carboxylic acids is 1. The smallest absolute Gasteiger partial charge is 0.407 e. The molecule has 0 bridgehead atoms. The van der Waals surface area contributed by atoms with Crippen LogP contribution in [0.2, 0.25) is 0 Å². The first-order chi connectivity index (χ1) is 6.97. The van der Waals surface area contributed by atoms with Crippen molar-refractivity contribution in [1.82, 2.24) is 15.3 Å². The van der Waals surface area contributed by atoms with Crippen LogP contribution in [0.3, 0.4) is 0 Å². The van der Waals surface area contributed by atoms with Crippen LogP contribution < -0.4 is 5.32 Å². The SMILES string of the molecule is CC(C)(C)NC(=O)OCc1ncccn1. The third kappa shape index (κ3) is 4.95. The van der Waals surface area contributed by atoms with Crippen LogP contribution in [0.1, 0.15) is 26.6 Å². The highest BCUT2D eigenvalue weighted by Crippen LogP contribution is 2.00. The fourth-order valence-electron chi connectivity index (χ4n) is 0.877. The minimum atomic E-state index is -0.463. The van der Waals surface area contributed by atoms with Crippen molar-refractivity contribution in [3.8, 4) is 0 Å². The lowest BCUT2D eigenvalue weighted by Gasteiger charge is -2.19. The summed E-state index contributed by atoms with van der Waals surface area (Å²) in [6, 6.07) is 1.71. The van der Waals surface area contributed by atoms with Gasteiger partial charge in [0, 0.05) is 17.9 Å². The van der Waals surface area contributed by atoms with Crippen molar-refractivity contribution in [2.75, 3.05) is 0 Å². The molecule has 1 amide bonds. The summed E-state index contributed by atoms with van der Waals surface area (Å²) in [5.74, 6) is 0.488. The third-order valence-corrected chi connectivity index (χ3v) is 1.43. The molecule has 1 heterocycles. The Kier molecular flexibility index (Phi) is 3.60. The van der Waals surface area contributed by atoms with E-state index in [4.69, 9.17) is 4.74 Å². The lowest BCUT2D eigenvalue weighted by molar-refractivity contribution is 0.128. The summed E-state index contributed by atoms with van der Waals surface area (Å²) in [5, 5.41) is 2.67. The van der Waals surface area contributed by atoms with E-state index in [2.05, 4.69) is 15.3 Å². The number of nitrogens with zero attached hydrogens (tertiary/aromatic N) is 2. The molecule has 0 saturated carbocycles. The fourth-order valence-corrected chi connectivity index (χ4v) is 0.877. The Morgan fingerprint density at radius 3 is 2.53 bits per heavy atom. The fraction of sp³-hybridized carbons (Fsp3) is 0.500. The van der Waals surface area contributed by atoms with Gasteiger partial charge in [-0.1, -0.05) is 0 Å². The molecule has 1 N–H and O–H groups in total. The lowest BCUT2D eigenvalue weighted by atomic mass is 10.1. The van der Waals surface area contributed by atoms with Gasteiger partial charge in [0.2, 0.25) is 0 Å². The molecule has 0 atom stereocenters. The quantitative estimate of drug-likeness (QED) is 0.801.